The van der Waals surface area contributed by atoms with Gasteiger partial charge in [0.05, 0.1) is 18.7 Å². The minimum absolute atomic E-state index is 0.224. The Hall–Kier alpha value is -1.88. The Morgan fingerprint density at radius 1 is 1.29 bits per heavy atom. The van der Waals surface area contributed by atoms with Crippen molar-refractivity contribution in [3.8, 4) is 0 Å². The van der Waals surface area contributed by atoms with Crippen LogP contribution in [0.2, 0.25) is 0 Å². The van der Waals surface area contributed by atoms with E-state index >= 15 is 0 Å². The van der Waals surface area contributed by atoms with Gasteiger partial charge in [-0.3, -0.25) is 4.79 Å². The predicted molar refractivity (Wildman–Crippen MR) is 86.2 cm³/mol. The molecule has 2 aromatic rings. The zero-order valence-electron chi connectivity index (χ0n) is 12.4. The smallest absolute Gasteiger partial charge is 0.311 e. The lowest BCUT2D eigenvalue weighted by molar-refractivity contribution is -0.142. The Labute approximate surface area is 129 Å². The van der Waals surface area contributed by atoms with Crippen LogP contribution in [0, 0.1) is 0 Å². The average molecular weight is 304 g/mol. The van der Waals surface area contributed by atoms with Crippen molar-refractivity contribution in [2.75, 3.05) is 11.9 Å². The molecule has 0 saturated carbocycles. The number of hydrogen-bond acceptors (Lipinski definition) is 5. The van der Waals surface area contributed by atoms with Crippen LogP contribution in [0.5, 0.6) is 0 Å². The fourth-order valence-electron chi connectivity index (χ4n) is 1.97. The molecule has 1 heterocycles. The molecule has 0 aliphatic carbocycles. The molecule has 0 spiro atoms. The number of rotatable bonds is 7. The summed E-state index contributed by atoms with van der Waals surface area (Å²) >= 11 is 1.49. The lowest BCUT2D eigenvalue weighted by Crippen LogP contribution is -2.07. The van der Waals surface area contributed by atoms with Crippen molar-refractivity contribution in [3.63, 3.8) is 0 Å². The van der Waals surface area contributed by atoms with E-state index in [0.717, 1.165) is 29.4 Å². The Balaban J connectivity index is 1.94. The maximum absolute atomic E-state index is 11.4. The summed E-state index contributed by atoms with van der Waals surface area (Å²) < 4.78 is 4.91. The number of nitrogens with one attached hydrogen (secondary N) is 1. The molecular weight excluding hydrogens is 284 g/mol. The van der Waals surface area contributed by atoms with Gasteiger partial charge in [-0.2, -0.15) is 0 Å². The zero-order valence-corrected chi connectivity index (χ0v) is 13.2. The summed E-state index contributed by atoms with van der Waals surface area (Å²) in [4.78, 5) is 15.8. The second-order valence-corrected chi connectivity index (χ2v) is 5.56. The highest BCUT2D eigenvalue weighted by molar-refractivity contribution is 7.13. The lowest BCUT2D eigenvalue weighted by atomic mass is 10.1. The molecular formula is C16H20N2O2S. The first kappa shape index (κ1) is 15.5. The first-order valence-corrected chi connectivity index (χ1v) is 8.05. The number of aromatic nitrogens is 1. The summed E-state index contributed by atoms with van der Waals surface area (Å²) in [7, 11) is 0. The van der Waals surface area contributed by atoms with Crippen LogP contribution < -0.4 is 5.32 Å². The molecule has 0 fully saturated rings. The van der Waals surface area contributed by atoms with Crippen LogP contribution in [-0.4, -0.2) is 17.6 Å². The van der Waals surface area contributed by atoms with Crippen LogP contribution >= 0.6 is 11.3 Å². The van der Waals surface area contributed by atoms with E-state index in [1.54, 1.807) is 6.92 Å². The number of esters is 1. The highest BCUT2D eigenvalue weighted by Crippen LogP contribution is 2.22. The Kier molecular flexibility index (Phi) is 5.75. The van der Waals surface area contributed by atoms with Gasteiger partial charge in [-0.1, -0.05) is 25.5 Å². The largest absolute Gasteiger partial charge is 0.466 e. The van der Waals surface area contributed by atoms with Gasteiger partial charge in [0.2, 0.25) is 0 Å². The average Bonchev–Trinajstić information content (AvgIpc) is 2.89. The molecule has 0 unspecified atom stereocenters. The molecule has 1 N–H and O–H groups in total. The molecule has 4 nitrogen and oxygen atoms in total. The van der Waals surface area contributed by atoms with Crippen LogP contribution in [0.1, 0.15) is 31.5 Å². The molecule has 0 radical (unpaired) electrons. The first-order valence-electron chi connectivity index (χ1n) is 7.17. The van der Waals surface area contributed by atoms with Gasteiger partial charge in [-0.15, -0.1) is 11.3 Å². The van der Waals surface area contributed by atoms with Crippen LogP contribution in [0.15, 0.2) is 29.6 Å². The molecule has 0 amide bonds. The second-order valence-electron chi connectivity index (χ2n) is 4.70. The van der Waals surface area contributed by atoms with E-state index < -0.39 is 0 Å². The number of carbonyl (C=O) groups excluding carboxylic acids is 1. The predicted octanol–water partition coefficient (Wildman–Crippen LogP) is 3.94. The van der Waals surface area contributed by atoms with Crippen LogP contribution in [0.25, 0.3) is 0 Å². The Morgan fingerprint density at radius 2 is 2.05 bits per heavy atom. The summed E-state index contributed by atoms with van der Waals surface area (Å²) in [5.41, 5.74) is 3.08. The van der Waals surface area contributed by atoms with Gasteiger partial charge in [0.1, 0.15) is 0 Å². The monoisotopic (exact) mass is 304 g/mol. The van der Waals surface area contributed by atoms with Crippen molar-refractivity contribution in [1.82, 2.24) is 4.98 Å². The molecule has 21 heavy (non-hydrogen) atoms. The van der Waals surface area contributed by atoms with Gasteiger partial charge in [-0.05, 0) is 31.0 Å². The molecule has 0 atom stereocenters. The van der Waals surface area contributed by atoms with E-state index in [2.05, 4.69) is 41.5 Å². The maximum Gasteiger partial charge on any atom is 0.311 e. The van der Waals surface area contributed by atoms with Gasteiger partial charge in [-0.25, -0.2) is 4.98 Å². The number of benzene rings is 1. The molecule has 0 bridgehead atoms. The molecule has 5 heteroatoms. The highest BCUT2D eigenvalue weighted by Gasteiger charge is 2.08. The first-order chi connectivity index (χ1) is 10.2. The summed E-state index contributed by atoms with van der Waals surface area (Å²) in [5.74, 6) is -0.238. The molecule has 112 valence electrons. The minimum Gasteiger partial charge on any atom is -0.466 e. The molecule has 1 aromatic carbocycles. The summed E-state index contributed by atoms with van der Waals surface area (Å²) in [5, 5.41) is 5.92. The van der Waals surface area contributed by atoms with Gasteiger partial charge in [0.15, 0.2) is 5.13 Å². The third-order valence-corrected chi connectivity index (χ3v) is 3.73. The van der Waals surface area contributed by atoms with E-state index in [-0.39, 0.29) is 12.4 Å². The van der Waals surface area contributed by atoms with Crippen molar-refractivity contribution in [2.24, 2.45) is 0 Å². The van der Waals surface area contributed by atoms with Gasteiger partial charge in [0.25, 0.3) is 0 Å². The van der Waals surface area contributed by atoms with E-state index in [1.807, 2.05) is 5.38 Å². The SMILES string of the molecule is CCCc1ccc(Nc2nc(CC(=O)OCC)cs2)cc1. The van der Waals surface area contributed by atoms with E-state index in [9.17, 15) is 4.79 Å². The van der Waals surface area contributed by atoms with E-state index in [1.165, 1.54) is 16.9 Å². The summed E-state index contributed by atoms with van der Waals surface area (Å²) in [6.45, 7) is 4.37. The minimum atomic E-state index is -0.238. The topological polar surface area (TPSA) is 51.2 Å². The summed E-state index contributed by atoms with van der Waals surface area (Å²) in [6.07, 6.45) is 2.47. The number of anilines is 2. The number of ether oxygens (including phenoxy) is 1. The molecule has 0 aliphatic heterocycles. The van der Waals surface area contributed by atoms with Crippen molar-refractivity contribution in [3.05, 3.63) is 40.9 Å². The lowest BCUT2D eigenvalue weighted by Gasteiger charge is -2.04. The normalized spacial score (nSPS) is 10.4. The number of carbonyl (C=O) groups is 1. The number of thiazole rings is 1. The maximum atomic E-state index is 11.4. The van der Waals surface area contributed by atoms with Gasteiger partial charge in [0, 0.05) is 11.1 Å². The Morgan fingerprint density at radius 3 is 2.71 bits per heavy atom. The number of hydrogen-bond donors (Lipinski definition) is 1. The summed E-state index contributed by atoms with van der Waals surface area (Å²) in [6, 6.07) is 8.35. The molecule has 2 rings (SSSR count). The van der Waals surface area contributed by atoms with Gasteiger partial charge >= 0.3 is 5.97 Å². The van der Waals surface area contributed by atoms with Crippen molar-refractivity contribution in [1.29, 1.82) is 0 Å². The van der Waals surface area contributed by atoms with Crippen LogP contribution in [0.4, 0.5) is 10.8 Å². The Bertz CT molecular complexity index is 578. The van der Waals surface area contributed by atoms with Crippen molar-refractivity contribution >= 4 is 28.1 Å². The number of nitrogens with zero attached hydrogens (tertiary/aromatic N) is 1. The standard InChI is InChI=1S/C16H20N2O2S/c1-3-5-12-6-8-13(9-7-12)17-16-18-14(11-21-16)10-15(19)20-4-2/h6-9,11H,3-5,10H2,1-2H3,(H,17,18). The van der Waals surface area contributed by atoms with Crippen LogP contribution in [0.3, 0.4) is 0 Å². The van der Waals surface area contributed by atoms with Crippen molar-refractivity contribution in [2.45, 2.75) is 33.1 Å². The molecule has 0 saturated heterocycles. The van der Waals surface area contributed by atoms with Crippen LogP contribution in [-0.2, 0) is 22.4 Å². The second kappa shape index (κ2) is 7.78. The van der Waals surface area contributed by atoms with Gasteiger partial charge < -0.3 is 10.1 Å². The quantitative estimate of drug-likeness (QED) is 0.787. The number of aryl methyl sites for hydroxylation is 1. The zero-order chi connectivity index (χ0) is 15.1. The molecule has 1 aromatic heterocycles. The fraction of sp³-hybridized carbons (Fsp3) is 0.375. The third-order valence-electron chi connectivity index (χ3n) is 2.93. The highest BCUT2D eigenvalue weighted by atomic mass is 32.1. The van der Waals surface area contributed by atoms with E-state index in [0.29, 0.717) is 6.61 Å². The van der Waals surface area contributed by atoms with Crippen molar-refractivity contribution < 1.29 is 9.53 Å². The molecule has 0 aliphatic rings. The fourth-order valence-corrected chi connectivity index (χ4v) is 2.70. The third kappa shape index (κ3) is 4.86. The van der Waals surface area contributed by atoms with E-state index in [4.69, 9.17) is 4.74 Å².